The number of rotatable bonds is 6. The Morgan fingerprint density at radius 2 is 2.05 bits per heavy atom. The van der Waals surface area contributed by atoms with Crippen LogP contribution in [0.4, 0.5) is 5.82 Å². The Hall–Kier alpha value is -1.62. The molecule has 0 saturated carbocycles. The first-order valence-electron chi connectivity index (χ1n) is 6.72. The summed E-state index contributed by atoms with van der Waals surface area (Å²) in [5.74, 6) is 5.79. The molecule has 19 heavy (non-hydrogen) atoms. The second kappa shape index (κ2) is 6.52. The van der Waals surface area contributed by atoms with Gasteiger partial charge in [-0.1, -0.05) is 20.3 Å². The summed E-state index contributed by atoms with van der Waals surface area (Å²) in [6.07, 6.45) is 2.72. The van der Waals surface area contributed by atoms with Crippen LogP contribution in [0.15, 0.2) is 12.1 Å². The molecule has 0 aromatic carbocycles. The highest BCUT2D eigenvalue weighted by Crippen LogP contribution is 2.15. The van der Waals surface area contributed by atoms with Crippen molar-refractivity contribution < 1.29 is 4.79 Å². The largest absolute Gasteiger partial charge is 0.347 e. The maximum atomic E-state index is 12.3. The van der Waals surface area contributed by atoms with Crippen LogP contribution in [0.25, 0.3) is 0 Å². The normalized spacial score (nSPS) is 11.2. The molecular weight excluding hydrogens is 240 g/mol. The smallest absolute Gasteiger partial charge is 0.251 e. The number of carbonyl (C=O) groups is 1. The number of pyridine rings is 1. The minimum absolute atomic E-state index is 0.0907. The van der Waals surface area contributed by atoms with Crippen molar-refractivity contribution in [2.75, 3.05) is 5.43 Å². The molecule has 1 heterocycles. The Balaban J connectivity index is 2.93. The Morgan fingerprint density at radius 1 is 1.37 bits per heavy atom. The third-order valence-corrected chi connectivity index (χ3v) is 2.98. The maximum absolute atomic E-state index is 12.3. The van der Waals surface area contributed by atoms with Crippen LogP contribution in [0.2, 0.25) is 0 Å². The van der Waals surface area contributed by atoms with E-state index in [4.69, 9.17) is 5.84 Å². The number of nitrogens with one attached hydrogen (secondary N) is 2. The van der Waals surface area contributed by atoms with Gasteiger partial charge in [-0.15, -0.1) is 0 Å². The van der Waals surface area contributed by atoms with Gasteiger partial charge in [-0.25, -0.2) is 10.8 Å². The van der Waals surface area contributed by atoms with Crippen LogP contribution in [-0.2, 0) is 6.42 Å². The molecule has 4 N–H and O–H groups in total. The zero-order valence-electron chi connectivity index (χ0n) is 12.2. The molecule has 0 unspecified atom stereocenters. The fourth-order valence-electron chi connectivity index (χ4n) is 2.04. The highest BCUT2D eigenvalue weighted by Gasteiger charge is 2.20. The summed E-state index contributed by atoms with van der Waals surface area (Å²) in [6.45, 7) is 8.15. The van der Waals surface area contributed by atoms with Crippen molar-refractivity contribution in [2.24, 2.45) is 5.84 Å². The molecule has 0 atom stereocenters. The number of hydrazine groups is 1. The summed E-state index contributed by atoms with van der Waals surface area (Å²) < 4.78 is 0. The molecule has 0 aliphatic rings. The molecule has 1 aromatic rings. The van der Waals surface area contributed by atoms with E-state index in [9.17, 15) is 4.79 Å². The summed E-state index contributed by atoms with van der Waals surface area (Å²) in [4.78, 5) is 16.5. The van der Waals surface area contributed by atoms with Crippen LogP contribution in [0.5, 0.6) is 0 Å². The third-order valence-electron chi connectivity index (χ3n) is 2.98. The van der Waals surface area contributed by atoms with Gasteiger partial charge in [0.25, 0.3) is 5.91 Å². The van der Waals surface area contributed by atoms with Crippen LogP contribution in [-0.4, -0.2) is 16.4 Å². The molecule has 0 fully saturated rings. The first-order valence-corrected chi connectivity index (χ1v) is 6.72. The standard InChI is InChI=1S/C14H24N4O/c1-5-7-14(3,4)17-13(19)10-8-11(6-2)16-12(9-10)18-15/h8-9H,5-7,15H2,1-4H3,(H,16,18)(H,17,19). The minimum Gasteiger partial charge on any atom is -0.347 e. The van der Waals surface area contributed by atoms with Gasteiger partial charge >= 0.3 is 0 Å². The zero-order chi connectivity index (χ0) is 14.5. The van der Waals surface area contributed by atoms with E-state index in [2.05, 4.69) is 22.7 Å². The van der Waals surface area contributed by atoms with Crippen molar-refractivity contribution >= 4 is 11.7 Å². The number of hydrogen-bond acceptors (Lipinski definition) is 4. The second-order valence-corrected chi connectivity index (χ2v) is 5.32. The Kier molecular flexibility index (Phi) is 5.30. The quantitative estimate of drug-likeness (QED) is 0.544. The predicted molar refractivity (Wildman–Crippen MR) is 77.9 cm³/mol. The molecule has 0 spiro atoms. The number of anilines is 1. The molecule has 5 heteroatoms. The Bertz CT molecular complexity index is 421. The predicted octanol–water partition coefficient (Wildman–Crippen LogP) is 2.24. The molecule has 0 aliphatic carbocycles. The van der Waals surface area contributed by atoms with E-state index in [1.54, 1.807) is 12.1 Å². The number of nitrogens with two attached hydrogens (primary N) is 1. The number of amides is 1. The van der Waals surface area contributed by atoms with Gasteiger partial charge in [-0.05, 0) is 38.8 Å². The maximum Gasteiger partial charge on any atom is 0.251 e. The monoisotopic (exact) mass is 264 g/mol. The Labute approximate surface area is 115 Å². The van der Waals surface area contributed by atoms with Crippen LogP contribution in [0.3, 0.4) is 0 Å². The molecule has 1 amide bonds. The van der Waals surface area contributed by atoms with Crippen molar-refractivity contribution in [2.45, 2.75) is 52.5 Å². The molecule has 1 aromatic heterocycles. The van der Waals surface area contributed by atoms with Gasteiger partial charge < -0.3 is 10.7 Å². The topological polar surface area (TPSA) is 80.0 Å². The average molecular weight is 264 g/mol. The molecule has 0 saturated heterocycles. The van der Waals surface area contributed by atoms with Gasteiger partial charge in [0.05, 0.1) is 0 Å². The summed E-state index contributed by atoms with van der Waals surface area (Å²) in [5, 5.41) is 3.04. The van der Waals surface area contributed by atoms with Crippen LogP contribution < -0.4 is 16.6 Å². The van der Waals surface area contributed by atoms with E-state index in [0.29, 0.717) is 11.4 Å². The lowest BCUT2D eigenvalue weighted by Crippen LogP contribution is -2.43. The van der Waals surface area contributed by atoms with E-state index in [-0.39, 0.29) is 11.4 Å². The number of hydrogen-bond donors (Lipinski definition) is 3. The summed E-state index contributed by atoms with van der Waals surface area (Å²) in [5.41, 5.74) is 3.71. The number of nitrogen functional groups attached to an aromatic ring is 1. The van der Waals surface area contributed by atoms with Crippen molar-refractivity contribution in [3.05, 3.63) is 23.4 Å². The van der Waals surface area contributed by atoms with Gasteiger partial charge in [0.1, 0.15) is 5.82 Å². The summed E-state index contributed by atoms with van der Waals surface area (Å²) in [7, 11) is 0. The molecule has 0 radical (unpaired) electrons. The van der Waals surface area contributed by atoms with E-state index in [0.717, 1.165) is 25.0 Å². The van der Waals surface area contributed by atoms with Crippen molar-refractivity contribution in [1.82, 2.24) is 10.3 Å². The molecule has 1 rings (SSSR count). The van der Waals surface area contributed by atoms with Gasteiger partial charge in [-0.2, -0.15) is 0 Å². The highest BCUT2D eigenvalue weighted by atomic mass is 16.1. The van der Waals surface area contributed by atoms with E-state index >= 15 is 0 Å². The van der Waals surface area contributed by atoms with Gasteiger partial charge in [0.2, 0.25) is 0 Å². The molecular formula is C14H24N4O. The number of carbonyl (C=O) groups excluding carboxylic acids is 1. The lowest BCUT2D eigenvalue weighted by molar-refractivity contribution is 0.0909. The Morgan fingerprint density at radius 3 is 2.58 bits per heavy atom. The van der Waals surface area contributed by atoms with Gasteiger partial charge in [0, 0.05) is 16.8 Å². The zero-order valence-corrected chi connectivity index (χ0v) is 12.2. The highest BCUT2D eigenvalue weighted by molar-refractivity contribution is 5.95. The van der Waals surface area contributed by atoms with Crippen LogP contribution in [0.1, 0.15) is 56.6 Å². The van der Waals surface area contributed by atoms with Gasteiger partial charge in [-0.3, -0.25) is 4.79 Å². The third kappa shape index (κ3) is 4.52. The minimum atomic E-state index is -0.211. The van der Waals surface area contributed by atoms with E-state index in [1.807, 2.05) is 20.8 Å². The van der Waals surface area contributed by atoms with Crippen LogP contribution >= 0.6 is 0 Å². The van der Waals surface area contributed by atoms with Gasteiger partial charge in [0.15, 0.2) is 0 Å². The molecule has 0 bridgehead atoms. The van der Waals surface area contributed by atoms with E-state index < -0.39 is 0 Å². The van der Waals surface area contributed by atoms with Crippen molar-refractivity contribution in [3.8, 4) is 0 Å². The molecule has 5 nitrogen and oxygen atoms in total. The lowest BCUT2D eigenvalue weighted by atomic mass is 9.98. The van der Waals surface area contributed by atoms with Crippen LogP contribution in [0, 0.1) is 0 Å². The SMILES string of the molecule is CCCC(C)(C)NC(=O)c1cc(CC)nc(NN)c1. The van der Waals surface area contributed by atoms with E-state index in [1.165, 1.54) is 0 Å². The van der Waals surface area contributed by atoms with Crippen molar-refractivity contribution in [1.29, 1.82) is 0 Å². The first kappa shape index (κ1) is 15.4. The first-order chi connectivity index (χ1) is 8.91. The molecule has 0 aliphatic heterocycles. The second-order valence-electron chi connectivity index (χ2n) is 5.32. The lowest BCUT2D eigenvalue weighted by Gasteiger charge is -2.26. The van der Waals surface area contributed by atoms with Crippen molar-refractivity contribution in [3.63, 3.8) is 0 Å². The fourth-order valence-corrected chi connectivity index (χ4v) is 2.04. The average Bonchev–Trinajstić information content (AvgIpc) is 2.37. The fraction of sp³-hybridized carbons (Fsp3) is 0.571. The summed E-state index contributed by atoms with van der Waals surface area (Å²) in [6, 6.07) is 3.47. The number of aryl methyl sites for hydroxylation is 1. The number of nitrogens with zero attached hydrogens (tertiary/aromatic N) is 1. The summed E-state index contributed by atoms with van der Waals surface area (Å²) >= 11 is 0. The molecule has 106 valence electrons. The number of aromatic nitrogens is 1.